The van der Waals surface area contributed by atoms with E-state index >= 15 is 0 Å². The third kappa shape index (κ3) is 2.13. The van der Waals surface area contributed by atoms with E-state index < -0.39 is 7.12 Å². The van der Waals surface area contributed by atoms with Crippen LogP contribution in [0.3, 0.4) is 0 Å². The summed E-state index contributed by atoms with van der Waals surface area (Å²) in [6.07, 6.45) is 2.71. The summed E-state index contributed by atoms with van der Waals surface area (Å²) in [6, 6.07) is 2.02. The van der Waals surface area contributed by atoms with E-state index in [-0.39, 0.29) is 11.2 Å². The van der Waals surface area contributed by atoms with Crippen molar-refractivity contribution >= 4 is 18.4 Å². The van der Waals surface area contributed by atoms with Crippen molar-refractivity contribution in [3.8, 4) is 0 Å². The molecule has 2 rings (SSSR count). The number of aromatic nitrogens is 1. The standard InChI is InChI=1S/C13H21BN2O2/c1-6-9-7-10(11(15)16-8-9)14-17-12(2,3)13(4,5)18-14/h7-8H,6H2,1-5H3,(H2,15,16). The Morgan fingerprint density at radius 3 is 2.28 bits per heavy atom. The first kappa shape index (κ1) is 13.4. The SMILES string of the molecule is CCc1cnc(N)c(B2OC(C)(C)C(C)(C)O2)c1. The van der Waals surface area contributed by atoms with Crippen LogP contribution >= 0.6 is 0 Å². The zero-order chi connectivity index (χ0) is 13.6. The van der Waals surface area contributed by atoms with Gasteiger partial charge in [0.25, 0.3) is 0 Å². The molecule has 0 saturated carbocycles. The van der Waals surface area contributed by atoms with Gasteiger partial charge in [-0.2, -0.15) is 0 Å². The van der Waals surface area contributed by atoms with E-state index in [4.69, 9.17) is 15.0 Å². The van der Waals surface area contributed by atoms with Gasteiger partial charge in [-0.3, -0.25) is 0 Å². The molecular weight excluding hydrogens is 227 g/mol. The molecule has 5 heteroatoms. The summed E-state index contributed by atoms with van der Waals surface area (Å²) in [5.74, 6) is 0.478. The Hall–Kier alpha value is -1.07. The van der Waals surface area contributed by atoms with Crippen LogP contribution in [-0.2, 0) is 15.7 Å². The normalized spacial score (nSPS) is 21.3. The van der Waals surface area contributed by atoms with Crippen molar-refractivity contribution in [1.29, 1.82) is 0 Å². The van der Waals surface area contributed by atoms with Gasteiger partial charge in [0.15, 0.2) is 0 Å². The van der Waals surface area contributed by atoms with Gasteiger partial charge in [0.2, 0.25) is 0 Å². The van der Waals surface area contributed by atoms with Crippen LogP contribution in [0.25, 0.3) is 0 Å². The molecular formula is C13H21BN2O2. The van der Waals surface area contributed by atoms with Gasteiger partial charge in [-0.05, 0) is 39.7 Å². The second-order valence-corrected chi connectivity index (χ2v) is 5.76. The maximum absolute atomic E-state index is 5.99. The Labute approximate surface area is 109 Å². The van der Waals surface area contributed by atoms with Crippen LogP contribution in [-0.4, -0.2) is 23.3 Å². The van der Waals surface area contributed by atoms with Gasteiger partial charge in [0.1, 0.15) is 5.82 Å². The second-order valence-electron chi connectivity index (χ2n) is 5.76. The third-order valence-electron chi connectivity index (χ3n) is 3.92. The van der Waals surface area contributed by atoms with E-state index in [0.717, 1.165) is 17.4 Å². The fourth-order valence-electron chi connectivity index (χ4n) is 1.89. The van der Waals surface area contributed by atoms with Crippen LogP contribution < -0.4 is 11.2 Å². The zero-order valence-electron chi connectivity index (χ0n) is 11.8. The lowest BCUT2D eigenvalue weighted by Crippen LogP contribution is -2.41. The van der Waals surface area contributed by atoms with Crippen LogP contribution in [0, 0.1) is 0 Å². The number of nitrogens with two attached hydrogens (primary N) is 1. The minimum absolute atomic E-state index is 0.355. The first-order chi connectivity index (χ1) is 8.27. The van der Waals surface area contributed by atoms with Gasteiger partial charge >= 0.3 is 7.12 Å². The Morgan fingerprint density at radius 2 is 1.78 bits per heavy atom. The predicted molar refractivity (Wildman–Crippen MR) is 73.7 cm³/mol. The van der Waals surface area contributed by atoms with Crippen molar-refractivity contribution in [1.82, 2.24) is 4.98 Å². The number of hydrogen-bond donors (Lipinski definition) is 1. The summed E-state index contributed by atoms with van der Waals surface area (Å²) in [4.78, 5) is 4.21. The zero-order valence-corrected chi connectivity index (χ0v) is 11.8. The summed E-state index contributed by atoms with van der Waals surface area (Å²) in [6.45, 7) is 10.2. The molecule has 98 valence electrons. The molecule has 0 amide bonds. The smallest absolute Gasteiger partial charge is 0.399 e. The van der Waals surface area contributed by atoms with Crippen molar-refractivity contribution in [3.63, 3.8) is 0 Å². The van der Waals surface area contributed by atoms with E-state index in [2.05, 4.69) is 11.9 Å². The molecule has 0 radical (unpaired) electrons. The van der Waals surface area contributed by atoms with E-state index in [1.807, 2.05) is 33.8 Å². The molecule has 1 aromatic heterocycles. The summed E-state index contributed by atoms with van der Waals surface area (Å²) >= 11 is 0. The molecule has 4 nitrogen and oxygen atoms in total. The molecule has 1 aliphatic heterocycles. The van der Waals surface area contributed by atoms with Crippen LogP contribution in [0.15, 0.2) is 12.3 Å². The number of rotatable bonds is 2. The highest BCUT2D eigenvalue weighted by Crippen LogP contribution is 2.36. The highest BCUT2D eigenvalue weighted by Gasteiger charge is 2.52. The van der Waals surface area contributed by atoms with Gasteiger partial charge in [0.05, 0.1) is 11.2 Å². The fraction of sp³-hybridized carbons (Fsp3) is 0.615. The Morgan fingerprint density at radius 1 is 1.22 bits per heavy atom. The Bertz CT molecular complexity index is 444. The highest BCUT2D eigenvalue weighted by molar-refractivity contribution is 6.63. The fourth-order valence-corrected chi connectivity index (χ4v) is 1.89. The molecule has 0 atom stereocenters. The maximum atomic E-state index is 5.99. The average Bonchev–Trinajstić information content (AvgIpc) is 2.48. The van der Waals surface area contributed by atoms with Crippen LogP contribution in [0.4, 0.5) is 5.82 Å². The number of aryl methyl sites for hydroxylation is 1. The van der Waals surface area contributed by atoms with Gasteiger partial charge in [-0.15, -0.1) is 0 Å². The van der Waals surface area contributed by atoms with Crippen molar-refractivity contribution in [3.05, 3.63) is 17.8 Å². The molecule has 2 N–H and O–H groups in total. The Kier molecular flexibility index (Phi) is 3.15. The van der Waals surface area contributed by atoms with Crippen LogP contribution in [0.1, 0.15) is 40.2 Å². The molecule has 2 heterocycles. The third-order valence-corrected chi connectivity index (χ3v) is 3.92. The molecule has 0 aliphatic carbocycles. The molecule has 18 heavy (non-hydrogen) atoms. The molecule has 1 aromatic rings. The first-order valence-electron chi connectivity index (χ1n) is 6.37. The average molecular weight is 248 g/mol. The van der Waals surface area contributed by atoms with Crippen molar-refractivity contribution < 1.29 is 9.31 Å². The number of hydrogen-bond acceptors (Lipinski definition) is 4. The number of anilines is 1. The molecule has 0 bridgehead atoms. The molecule has 0 spiro atoms. The predicted octanol–water partition coefficient (Wildman–Crippen LogP) is 1.53. The Balaban J connectivity index is 2.34. The lowest BCUT2D eigenvalue weighted by Gasteiger charge is -2.32. The molecule has 1 aliphatic rings. The second kappa shape index (κ2) is 4.25. The molecule has 0 aromatic carbocycles. The van der Waals surface area contributed by atoms with Gasteiger partial charge in [0, 0.05) is 11.7 Å². The van der Waals surface area contributed by atoms with Gasteiger partial charge < -0.3 is 15.0 Å². The lowest BCUT2D eigenvalue weighted by atomic mass is 9.78. The summed E-state index contributed by atoms with van der Waals surface area (Å²) < 4.78 is 12.0. The minimum atomic E-state index is -0.436. The van der Waals surface area contributed by atoms with Gasteiger partial charge in [-0.25, -0.2) is 4.98 Å². The first-order valence-corrected chi connectivity index (χ1v) is 6.37. The summed E-state index contributed by atoms with van der Waals surface area (Å²) in [5, 5.41) is 0. The van der Waals surface area contributed by atoms with Gasteiger partial charge in [-0.1, -0.05) is 13.0 Å². The monoisotopic (exact) mass is 248 g/mol. The van der Waals surface area contributed by atoms with E-state index in [1.165, 1.54) is 0 Å². The molecule has 1 saturated heterocycles. The minimum Gasteiger partial charge on any atom is -0.399 e. The number of nitrogen functional groups attached to an aromatic ring is 1. The van der Waals surface area contributed by atoms with Crippen LogP contribution in [0.5, 0.6) is 0 Å². The van der Waals surface area contributed by atoms with E-state index in [9.17, 15) is 0 Å². The highest BCUT2D eigenvalue weighted by atomic mass is 16.7. The van der Waals surface area contributed by atoms with Crippen molar-refractivity contribution in [2.75, 3.05) is 5.73 Å². The quantitative estimate of drug-likeness (QED) is 0.806. The molecule has 1 fully saturated rings. The summed E-state index contributed by atoms with van der Waals surface area (Å²) in [5.41, 5.74) is 7.18. The van der Waals surface area contributed by atoms with Crippen LogP contribution in [0.2, 0.25) is 0 Å². The number of pyridine rings is 1. The van der Waals surface area contributed by atoms with E-state index in [1.54, 1.807) is 6.20 Å². The van der Waals surface area contributed by atoms with Crippen molar-refractivity contribution in [2.24, 2.45) is 0 Å². The topological polar surface area (TPSA) is 57.4 Å². The lowest BCUT2D eigenvalue weighted by molar-refractivity contribution is 0.00578. The largest absolute Gasteiger partial charge is 0.498 e. The molecule has 0 unspecified atom stereocenters. The van der Waals surface area contributed by atoms with Crippen molar-refractivity contribution in [2.45, 2.75) is 52.2 Å². The summed E-state index contributed by atoms with van der Waals surface area (Å²) in [7, 11) is -0.436. The van der Waals surface area contributed by atoms with E-state index in [0.29, 0.717) is 5.82 Å². The maximum Gasteiger partial charge on any atom is 0.498 e. The number of nitrogens with zero attached hydrogens (tertiary/aromatic N) is 1.